The van der Waals surface area contributed by atoms with Crippen molar-refractivity contribution in [3.8, 4) is 0 Å². The number of anilines is 6. The van der Waals surface area contributed by atoms with Crippen molar-refractivity contribution < 1.29 is 0 Å². The molecule has 17 heteroatoms. The predicted molar refractivity (Wildman–Crippen MR) is 362 cm³/mol. The van der Waals surface area contributed by atoms with Crippen LogP contribution in [0.15, 0.2) is 0 Å². The molecule has 7 heterocycles. The minimum atomic E-state index is 0.0249. The molecule has 7 rings (SSSR count). The highest BCUT2D eigenvalue weighted by Gasteiger charge is 2.50. The number of unbranched alkanes of at least 4 members (excludes halogenated alkanes) is 4. The Morgan fingerprint density at radius 3 is 0.859 bits per heavy atom. The third kappa shape index (κ3) is 16.0. The van der Waals surface area contributed by atoms with Gasteiger partial charge < -0.3 is 29.8 Å². The summed E-state index contributed by atoms with van der Waals surface area (Å²) < 4.78 is 0. The molecule has 486 valence electrons. The molecule has 5 saturated heterocycles. The van der Waals surface area contributed by atoms with Crippen LogP contribution in [0.25, 0.3) is 0 Å². The first-order chi connectivity index (χ1) is 39.5. The van der Waals surface area contributed by atoms with Crippen LogP contribution in [0, 0.1) is 0 Å². The summed E-state index contributed by atoms with van der Waals surface area (Å²) in [4.78, 5) is 59.3. The van der Waals surface area contributed by atoms with Crippen LogP contribution in [0.5, 0.6) is 0 Å². The van der Waals surface area contributed by atoms with Crippen molar-refractivity contribution in [2.24, 2.45) is 0 Å². The van der Waals surface area contributed by atoms with Crippen LogP contribution in [-0.4, -0.2) is 217 Å². The molecule has 0 aromatic carbocycles. The van der Waals surface area contributed by atoms with Gasteiger partial charge in [-0.05, 0) is 216 Å². The van der Waals surface area contributed by atoms with Gasteiger partial charge in [0, 0.05) is 134 Å². The van der Waals surface area contributed by atoms with Gasteiger partial charge in [0.05, 0.1) is 0 Å². The fraction of sp³-hybridized carbons (Fsp3) is 0.912. The van der Waals surface area contributed by atoms with Gasteiger partial charge >= 0.3 is 0 Å². The average Bonchev–Trinajstić information content (AvgIpc) is 1.86. The van der Waals surface area contributed by atoms with Gasteiger partial charge in [0.15, 0.2) is 0 Å². The van der Waals surface area contributed by atoms with Crippen LogP contribution in [0.2, 0.25) is 0 Å². The Labute approximate surface area is 521 Å². The van der Waals surface area contributed by atoms with Gasteiger partial charge in [0.25, 0.3) is 0 Å². The Bertz CT molecular complexity index is 2220. The van der Waals surface area contributed by atoms with Crippen LogP contribution < -0.4 is 29.8 Å². The number of nitrogens with zero attached hydrogens (tertiary/aromatic N) is 16. The highest BCUT2D eigenvalue weighted by atomic mass is 15.4. The number of hydrogen-bond donors (Lipinski definition) is 1. The molecule has 5 fully saturated rings. The Kier molecular flexibility index (Phi) is 21.9. The SMILES string of the molecule is CCCCN(c1nc(NCCN2CCN(c3nc(N(CCCC)C4CC(C)(C)N(C)C(C)(C)C4)nc(N(CCCC)C4CC(C)(C)N(C)C(C)(C)C4)n3)CC2)nc(N(CCCC)C2CC(C)(C)N(C)C(C)(C)C2)n1)C1CC(C)(C)N(C)C(C)(C)C1. The molecule has 0 amide bonds. The Morgan fingerprint density at radius 2 is 0.612 bits per heavy atom. The molecule has 0 aliphatic carbocycles. The molecule has 17 nitrogen and oxygen atoms in total. The summed E-state index contributed by atoms with van der Waals surface area (Å²) in [6.45, 7) is 56.8. The zero-order chi connectivity index (χ0) is 62.9. The molecule has 5 aliphatic heterocycles. The molecular formula is C68H129N17. The lowest BCUT2D eigenvalue weighted by atomic mass is 9.77. The molecule has 0 bridgehead atoms. The first-order valence-corrected chi connectivity index (χ1v) is 34.3. The van der Waals surface area contributed by atoms with E-state index in [-0.39, 0.29) is 44.3 Å². The Hall–Kier alpha value is -3.38. The molecule has 0 spiro atoms. The van der Waals surface area contributed by atoms with Crippen LogP contribution in [0.1, 0.15) is 241 Å². The quantitative estimate of drug-likeness (QED) is 0.101. The van der Waals surface area contributed by atoms with Crippen molar-refractivity contribution in [2.45, 2.75) is 310 Å². The standard InChI is InChI=1S/C68H129N17/c1-25-29-34-82(51-43-61(5,6)76(21)62(7,8)44-51)57-70-55(71-58(74-57)83(35-30-26-2)52-45-63(9,10)77(22)64(11,12)46-52)69-33-38-80-39-41-81(42-40-80)56-72-59(84(36-31-27-3)53-47-65(13,14)78(23)66(15,16)48-53)75-60(73-56)85(37-32-28-4)54-49-67(17,18)79(24)68(19,20)50-54/h51-54H,25-50H2,1-24H3,(H,69,70,71,74). The first-order valence-electron chi connectivity index (χ1n) is 34.3. The molecule has 85 heavy (non-hydrogen) atoms. The molecule has 1 N–H and O–H groups in total. The second-order valence-corrected chi connectivity index (χ2v) is 32.4. The summed E-state index contributed by atoms with van der Waals surface area (Å²) in [7, 11) is 9.26. The molecule has 5 aliphatic rings. The second-order valence-electron chi connectivity index (χ2n) is 32.4. The van der Waals surface area contributed by atoms with Gasteiger partial charge in [0.1, 0.15) is 0 Å². The number of aromatic nitrogens is 6. The zero-order valence-corrected chi connectivity index (χ0v) is 59.3. The van der Waals surface area contributed by atoms with E-state index in [0.29, 0.717) is 30.1 Å². The third-order valence-corrected chi connectivity index (χ3v) is 22.5. The maximum absolute atomic E-state index is 5.68. The summed E-state index contributed by atoms with van der Waals surface area (Å²) in [6, 6.07) is 1.22. The molecule has 2 aromatic rings. The fourth-order valence-corrected chi connectivity index (χ4v) is 16.2. The largest absolute Gasteiger partial charge is 0.353 e. The van der Waals surface area contributed by atoms with Crippen molar-refractivity contribution in [1.29, 1.82) is 0 Å². The Morgan fingerprint density at radius 1 is 0.365 bits per heavy atom. The summed E-state index contributed by atoms with van der Waals surface area (Å²) in [5.74, 6) is 4.90. The number of nitrogens with one attached hydrogen (secondary N) is 1. The van der Waals surface area contributed by atoms with Crippen molar-refractivity contribution in [1.82, 2.24) is 54.4 Å². The monoisotopic (exact) mass is 1180 g/mol. The maximum atomic E-state index is 5.68. The average molecular weight is 1180 g/mol. The number of piperidine rings is 4. The van der Waals surface area contributed by atoms with E-state index >= 15 is 0 Å². The topological polar surface area (TPSA) is 122 Å². The highest BCUT2D eigenvalue weighted by molar-refractivity contribution is 5.50. The van der Waals surface area contributed by atoms with E-state index in [1.54, 1.807) is 0 Å². The van der Waals surface area contributed by atoms with Gasteiger partial charge in [-0.1, -0.05) is 53.4 Å². The van der Waals surface area contributed by atoms with Gasteiger partial charge in [-0.25, -0.2) is 0 Å². The summed E-state index contributed by atoms with van der Waals surface area (Å²) >= 11 is 0. The lowest BCUT2D eigenvalue weighted by molar-refractivity contribution is -0.0135. The van der Waals surface area contributed by atoms with Gasteiger partial charge in [-0.3, -0.25) is 24.5 Å². The molecule has 0 atom stereocenters. The van der Waals surface area contributed by atoms with Crippen LogP contribution in [-0.2, 0) is 0 Å². The lowest BCUT2D eigenvalue weighted by Crippen LogP contribution is -2.63. The van der Waals surface area contributed by atoms with Crippen LogP contribution in [0.4, 0.5) is 35.7 Å². The fourth-order valence-electron chi connectivity index (χ4n) is 16.2. The summed E-state index contributed by atoms with van der Waals surface area (Å²) in [6.07, 6.45) is 17.3. The number of rotatable bonds is 25. The maximum Gasteiger partial charge on any atom is 0.232 e. The van der Waals surface area contributed by atoms with E-state index in [4.69, 9.17) is 29.9 Å². The lowest BCUT2D eigenvalue weighted by Gasteiger charge is -2.56. The number of hydrogen-bond acceptors (Lipinski definition) is 17. The molecule has 0 radical (unpaired) electrons. The van der Waals surface area contributed by atoms with E-state index in [1.165, 1.54) is 0 Å². The first kappa shape index (κ1) is 69.1. The number of likely N-dealkylation sites (tertiary alicyclic amines) is 4. The molecule has 0 unspecified atom stereocenters. The highest BCUT2D eigenvalue weighted by Crippen LogP contribution is 2.45. The van der Waals surface area contributed by atoms with Crippen molar-refractivity contribution in [2.75, 3.05) is 123 Å². The third-order valence-electron chi connectivity index (χ3n) is 22.5. The predicted octanol–water partition coefficient (Wildman–Crippen LogP) is 12.3. The summed E-state index contributed by atoms with van der Waals surface area (Å²) in [5.41, 5.74) is 0.211. The van der Waals surface area contributed by atoms with E-state index in [1.807, 2.05) is 0 Å². The zero-order valence-electron chi connectivity index (χ0n) is 59.3. The minimum absolute atomic E-state index is 0.0249. The minimum Gasteiger partial charge on any atom is -0.353 e. The van der Waals surface area contributed by atoms with E-state index in [9.17, 15) is 0 Å². The molecule has 2 aromatic heterocycles. The molecule has 0 saturated carbocycles. The van der Waals surface area contributed by atoms with Crippen molar-refractivity contribution >= 4 is 35.7 Å². The normalized spacial score (nSPS) is 24.2. The number of piperazine rings is 1. The molecular weight excluding hydrogens is 1050 g/mol. The second kappa shape index (κ2) is 27.0. The van der Waals surface area contributed by atoms with Crippen LogP contribution in [0.3, 0.4) is 0 Å². The van der Waals surface area contributed by atoms with Crippen molar-refractivity contribution in [3.63, 3.8) is 0 Å². The van der Waals surface area contributed by atoms with Crippen molar-refractivity contribution in [3.05, 3.63) is 0 Å². The summed E-state index contributed by atoms with van der Waals surface area (Å²) in [5, 5.41) is 3.85. The van der Waals surface area contributed by atoms with Crippen LogP contribution >= 0.6 is 0 Å². The van der Waals surface area contributed by atoms with E-state index in [0.717, 1.165) is 198 Å². The smallest absolute Gasteiger partial charge is 0.232 e. The van der Waals surface area contributed by atoms with Gasteiger partial charge in [0.2, 0.25) is 35.7 Å². The van der Waals surface area contributed by atoms with Gasteiger partial charge in [-0.15, -0.1) is 0 Å². The van der Waals surface area contributed by atoms with E-state index in [2.05, 4.69) is 221 Å². The Balaban J connectivity index is 1.20. The van der Waals surface area contributed by atoms with Gasteiger partial charge in [-0.2, -0.15) is 29.9 Å². The van der Waals surface area contributed by atoms with E-state index < -0.39 is 0 Å².